The van der Waals surface area contributed by atoms with Gasteiger partial charge in [-0.2, -0.15) is 4.31 Å². The van der Waals surface area contributed by atoms with Gasteiger partial charge in [-0.1, -0.05) is 6.42 Å². The summed E-state index contributed by atoms with van der Waals surface area (Å²) in [6.45, 7) is 7.90. The third kappa shape index (κ3) is 5.21. The Morgan fingerprint density at radius 1 is 0.968 bits per heavy atom. The summed E-state index contributed by atoms with van der Waals surface area (Å²) in [7, 11) is -3.45. The lowest BCUT2D eigenvalue weighted by Crippen LogP contribution is -2.52. The van der Waals surface area contributed by atoms with Gasteiger partial charge in [-0.15, -0.1) is 0 Å². The van der Waals surface area contributed by atoms with Gasteiger partial charge in [0, 0.05) is 58.1 Å². The van der Waals surface area contributed by atoms with E-state index in [0.717, 1.165) is 70.6 Å². The molecule has 1 aromatic heterocycles. The van der Waals surface area contributed by atoms with Crippen molar-refractivity contribution in [1.82, 2.24) is 19.1 Å². The lowest BCUT2D eigenvalue weighted by atomic mass is 10.0. The number of hydrogen-bond acceptors (Lipinski definition) is 6. The molecule has 172 valence electrons. The van der Waals surface area contributed by atoms with Gasteiger partial charge >= 0.3 is 0 Å². The Balaban J connectivity index is 1.30. The van der Waals surface area contributed by atoms with Gasteiger partial charge in [-0.3, -0.25) is 9.69 Å². The van der Waals surface area contributed by atoms with Gasteiger partial charge in [0.25, 0.3) is 0 Å². The number of rotatable bonds is 5. The van der Waals surface area contributed by atoms with Crippen LogP contribution in [0.3, 0.4) is 0 Å². The molecule has 1 unspecified atom stereocenters. The van der Waals surface area contributed by atoms with Gasteiger partial charge in [0.15, 0.2) is 0 Å². The fourth-order valence-corrected chi connectivity index (χ4v) is 6.32. The SMILES string of the molecule is CC1CCCCN1C(=O)CN1CCN(c2ccc(S(=O)(=O)N3CCCCC3)cn2)CC1. The Kier molecular flexibility index (Phi) is 7.13. The Hall–Kier alpha value is -1.71. The average Bonchev–Trinajstić information content (AvgIpc) is 2.80. The first-order chi connectivity index (χ1) is 14.9. The molecule has 3 fully saturated rings. The lowest BCUT2D eigenvalue weighted by molar-refractivity contribution is -0.135. The minimum Gasteiger partial charge on any atom is -0.354 e. The Bertz CT molecular complexity index is 846. The van der Waals surface area contributed by atoms with Crippen LogP contribution in [-0.4, -0.2) is 91.8 Å². The van der Waals surface area contributed by atoms with Crippen LogP contribution in [0.5, 0.6) is 0 Å². The topological polar surface area (TPSA) is 77.1 Å². The number of carbonyl (C=O) groups is 1. The van der Waals surface area contributed by atoms with E-state index in [1.54, 1.807) is 10.4 Å². The van der Waals surface area contributed by atoms with E-state index >= 15 is 0 Å². The van der Waals surface area contributed by atoms with Crippen LogP contribution in [0.4, 0.5) is 5.82 Å². The maximum absolute atomic E-state index is 12.8. The summed E-state index contributed by atoms with van der Waals surface area (Å²) in [5.41, 5.74) is 0. The maximum atomic E-state index is 12.8. The number of amides is 1. The molecule has 0 radical (unpaired) electrons. The molecule has 0 aromatic carbocycles. The third-order valence-electron chi connectivity index (χ3n) is 6.85. The van der Waals surface area contributed by atoms with Crippen molar-refractivity contribution in [3.8, 4) is 0 Å². The molecule has 4 rings (SSSR count). The first-order valence-electron chi connectivity index (χ1n) is 11.7. The number of nitrogens with zero attached hydrogens (tertiary/aromatic N) is 5. The van der Waals surface area contributed by atoms with Crippen LogP contribution in [0.1, 0.15) is 45.4 Å². The Morgan fingerprint density at radius 2 is 1.68 bits per heavy atom. The number of hydrogen-bond donors (Lipinski definition) is 0. The summed E-state index contributed by atoms with van der Waals surface area (Å²) < 4.78 is 27.2. The van der Waals surface area contributed by atoms with Crippen molar-refractivity contribution in [2.75, 3.05) is 57.3 Å². The number of pyridine rings is 1. The molecule has 4 heterocycles. The summed E-state index contributed by atoms with van der Waals surface area (Å²) in [5.74, 6) is 1.04. The van der Waals surface area contributed by atoms with Crippen molar-refractivity contribution in [2.45, 2.75) is 56.4 Å². The molecule has 8 nitrogen and oxygen atoms in total. The zero-order chi connectivity index (χ0) is 21.8. The van der Waals surface area contributed by atoms with E-state index < -0.39 is 10.0 Å². The minimum absolute atomic E-state index is 0.242. The number of carbonyl (C=O) groups excluding carboxylic acids is 1. The maximum Gasteiger partial charge on any atom is 0.244 e. The van der Waals surface area contributed by atoms with E-state index in [9.17, 15) is 13.2 Å². The van der Waals surface area contributed by atoms with Crippen LogP contribution in [0.25, 0.3) is 0 Å². The number of anilines is 1. The lowest BCUT2D eigenvalue weighted by Gasteiger charge is -2.38. The van der Waals surface area contributed by atoms with Gasteiger partial charge in [0.2, 0.25) is 15.9 Å². The highest BCUT2D eigenvalue weighted by Crippen LogP contribution is 2.22. The largest absolute Gasteiger partial charge is 0.354 e. The molecule has 1 amide bonds. The molecule has 3 aliphatic rings. The van der Waals surface area contributed by atoms with Crippen molar-refractivity contribution in [3.05, 3.63) is 18.3 Å². The second-order valence-corrected chi connectivity index (χ2v) is 10.9. The summed E-state index contributed by atoms with van der Waals surface area (Å²) in [4.78, 5) is 23.8. The zero-order valence-electron chi connectivity index (χ0n) is 18.6. The molecule has 0 spiro atoms. The molecule has 1 atom stereocenters. The molecule has 3 aliphatic heterocycles. The number of piperazine rings is 1. The van der Waals surface area contributed by atoms with Crippen LogP contribution in [0.2, 0.25) is 0 Å². The molecule has 0 bridgehead atoms. The van der Waals surface area contributed by atoms with Crippen LogP contribution in [0, 0.1) is 0 Å². The summed E-state index contributed by atoms with van der Waals surface area (Å²) in [6.07, 6.45) is 7.87. The molecule has 31 heavy (non-hydrogen) atoms. The fraction of sp³-hybridized carbons (Fsp3) is 0.727. The van der Waals surface area contributed by atoms with Gasteiger partial charge in [-0.05, 0) is 51.2 Å². The number of aromatic nitrogens is 1. The summed E-state index contributed by atoms with van der Waals surface area (Å²) in [6, 6.07) is 3.85. The third-order valence-corrected chi connectivity index (χ3v) is 8.73. The number of sulfonamides is 1. The van der Waals surface area contributed by atoms with Gasteiger partial charge in [-0.25, -0.2) is 13.4 Å². The first kappa shape index (κ1) is 22.5. The van der Waals surface area contributed by atoms with Crippen molar-refractivity contribution >= 4 is 21.7 Å². The van der Waals surface area contributed by atoms with E-state index in [1.165, 1.54) is 12.6 Å². The summed E-state index contributed by atoms with van der Waals surface area (Å²) >= 11 is 0. The highest BCUT2D eigenvalue weighted by Gasteiger charge is 2.28. The molecular formula is C22H35N5O3S. The highest BCUT2D eigenvalue weighted by atomic mass is 32.2. The van der Waals surface area contributed by atoms with Crippen LogP contribution >= 0.6 is 0 Å². The summed E-state index contributed by atoms with van der Waals surface area (Å²) in [5, 5.41) is 0. The minimum atomic E-state index is -3.45. The number of likely N-dealkylation sites (tertiary alicyclic amines) is 1. The van der Waals surface area contributed by atoms with Crippen molar-refractivity contribution in [3.63, 3.8) is 0 Å². The molecule has 3 saturated heterocycles. The van der Waals surface area contributed by atoms with Gasteiger partial charge in [0.05, 0.1) is 6.54 Å². The fourth-order valence-electron chi connectivity index (χ4n) is 4.85. The van der Waals surface area contributed by atoms with E-state index in [-0.39, 0.29) is 10.8 Å². The quantitative estimate of drug-likeness (QED) is 0.682. The van der Waals surface area contributed by atoms with Crippen LogP contribution in [-0.2, 0) is 14.8 Å². The predicted molar refractivity (Wildman–Crippen MR) is 121 cm³/mol. The van der Waals surface area contributed by atoms with Gasteiger partial charge < -0.3 is 9.80 Å². The first-order valence-corrected chi connectivity index (χ1v) is 13.1. The Morgan fingerprint density at radius 3 is 2.32 bits per heavy atom. The molecular weight excluding hydrogens is 414 g/mol. The van der Waals surface area contributed by atoms with Crippen LogP contribution < -0.4 is 4.90 Å². The van der Waals surface area contributed by atoms with E-state index in [0.29, 0.717) is 25.7 Å². The second kappa shape index (κ2) is 9.83. The second-order valence-electron chi connectivity index (χ2n) is 9.01. The molecule has 9 heteroatoms. The van der Waals surface area contributed by atoms with Crippen molar-refractivity contribution in [2.24, 2.45) is 0 Å². The zero-order valence-corrected chi connectivity index (χ0v) is 19.4. The smallest absolute Gasteiger partial charge is 0.244 e. The molecule has 0 saturated carbocycles. The van der Waals surface area contributed by atoms with Crippen molar-refractivity contribution < 1.29 is 13.2 Å². The number of piperidine rings is 2. The van der Waals surface area contributed by atoms with E-state index in [2.05, 4.69) is 21.7 Å². The molecule has 0 aliphatic carbocycles. The average molecular weight is 450 g/mol. The van der Waals surface area contributed by atoms with E-state index in [1.807, 2.05) is 11.0 Å². The predicted octanol–water partition coefficient (Wildman–Crippen LogP) is 1.78. The standard InChI is InChI=1S/C22H35N5O3S/c1-19-7-3-6-12-27(19)22(28)18-24-13-15-25(16-14-24)21-9-8-20(17-23-21)31(29,30)26-10-4-2-5-11-26/h8-9,17,19H,2-7,10-16,18H2,1H3. The monoisotopic (exact) mass is 449 g/mol. The highest BCUT2D eigenvalue weighted by molar-refractivity contribution is 7.89. The van der Waals surface area contributed by atoms with Gasteiger partial charge in [0.1, 0.15) is 10.7 Å². The molecule has 1 aromatic rings. The normalized spacial score (nSPS) is 24.4. The van der Waals surface area contributed by atoms with Crippen LogP contribution in [0.15, 0.2) is 23.2 Å². The van der Waals surface area contributed by atoms with Crippen molar-refractivity contribution in [1.29, 1.82) is 0 Å². The Labute approximate surface area is 186 Å². The molecule has 0 N–H and O–H groups in total. The van der Waals surface area contributed by atoms with E-state index in [4.69, 9.17) is 0 Å².